The summed E-state index contributed by atoms with van der Waals surface area (Å²) in [5, 5.41) is 0.669. The van der Waals surface area contributed by atoms with Gasteiger partial charge in [-0.05, 0) is 42.8 Å². The molecule has 0 N–H and O–H groups in total. The van der Waals surface area contributed by atoms with Gasteiger partial charge in [-0.25, -0.2) is 9.59 Å². The van der Waals surface area contributed by atoms with Gasteiger partial charge in [-0.3, -0.25) is 0 Å². The van der Waals surface area contributed by atoms with E-state index >= 15 is 0 Å². The van der Waals surface area contributed by atoms with E-state index in [-0.39, 0.29) is 16.3 Å². The average molecular weight is 367 g/mol. The molecule has 0 heterocycles. The van der Waals surface area contributed by atoms with Crippen LogP contribution in [-0.2, 0) is 4.74 Å². The zero-order valence-corrected chi connectivity index (χ0v) is 14.6. The van der Waals surface area contributed by atoms with Gasteiger partial charge in [-0.15, -0.1) is 0 Å². The molecular formula is C18H16Cl2O4. The number of halogens is 2. The van der Waals surface area contributed by atoms with Gasteiger partial charge in [-0.2, -0.15) is 0 Å². The molecule has 0 bridgehead atoms. The van der Waals surface area contributed by atoms with Gasteiger partial charge in [0.2, 0.25) is 0 Å². The van der Waals surface area contributed by atoms with Gasteiger partial charge in [0, 0.05) is 5.02 Å². The predicted octanol–water partition coefficient (Wildman–Crippen LogP) is 5.17. The Morgan fingerprint density at radius 1 is 1.00 bits per heavy atom. The van der Waals surface area contributed by atoms with E-state index in [1.54, 1.807) is 24.3 Å². The molecule has 126 valence electrons. The molecule has 0 atom stereocenters. The molecule has 2 aromatic carbocycles. The normalized spacial score (nSPS) is 10.3. The lowest BCUT2D eigenvalue weighted by Gasteiger charge is -2.08. The van der Waals surface area contributed by atoms with Gasteiger partial charge in [0.25, 0.3) is 0 Å². The lowest BCUT2D eigenvalue weighted by atomic mass is 10.1. The van der Waals surface area contributed by atoms with Gasteiger partial charge in [0.1, 0.15) is 5.75 Å². The van der Waals surface area contributed by atoms with Crippen molar-refractivity contribution >= 4 is 35.1 Å². The Hall–Kier alpha value is -2.04. The van der Waals surface area contributed by atoms with Crippen LogP contribution in [0.2, 0.25) is 10.0 Å². The van der Waals surface area contributed by atoms with Crippen molar-refractivity contribution < 1.29 is 19.1 Å². The molecular weight excluding hydrogens is 351 g/mol. The number of carbonyl (C=O) groups is 2. The fourth-order valence-corrected chi connectivity index (χ4v) is 2.33. The molecule has 24 heavy (non-hydrogen) atoms. The van der Waals surface area contributed by atoms with Crippen molar-refractivity contribution in [3.05, 3.63) is 63.6 Å². The first-order valence-electron chi connectivity index (χ1n) is 7.45. The molecule has 6 heteroatoms. The molecule has 2 rings (SSSR count). The third-order valence-corrected chi connectivity index (χ3v) is 3.69. The predicted molar refractivity (Wildman–Crippen MR) is 93.1 cm³/mol. The topological polar surface area (TPSA) is 52.6 Å². The first kappa shape index (κ1) is 18.3. The number of ether oxygens (including phenoxy) is 2. The smallest absolute Gasteiger partial charge is 0.343 e. The maximum absolute atomic E-state index is 12.2. The number of benzene rings is 2. The van der Waals surface area contributed by atoms with E-state index in [0.29, 0.717) is 17.2 Å². The highest BCUT2D eigenvalue weighted by atomic mass is 35.5. The highest BCUT2D eigenvalue weighted by molar-refractivity contribution is 6.35. The Morgan fingerprint density at radius 3 is 2.38 bits per heavy atom. The second kappa shape index (κ2) is 8.71. The van der Waals surface area contributed by atoms with Crippen LogP contribution >= 0.6 is 23.2 Å². The summed E-state index contributed by atoms with van der Waals surface area (Å²) in [7, 11) is 0. The SMILES string of the molecule is CCCCOC(=O)c1cccc(C(=O)Oc2ccc(Cl)cc2Cl)c1. The van der Waals surface area contributed by atoms with Crippen LogP contribution in [0.1, 0.15) is 40.5 Å². The number of carbonyl (C=O) groups excluding carboxylic acids is 2. The summed E-state index contributed by atoms with van der Waals surface area (Å²) in [5.41, 5.74) is 0.522. The van der Waals surface area contributed by atoms with Gasteiger partial charge >= 0.3 is 11.9 Å². The van der Waals surface area contributed by atoms with Crippen LogP contribution in [0.5, 0.6) is 5.75 Å². The number of hydrogen-bond donors (Lipinski definition) is 0. The minimum Gasteiger partial charge on any atom is -0.462 e. The van der Waals surface area contributed by atoms with E-state index in [0.717, 1.165) is 12.8 Å². The molecule has 4 nitrogen and oxygen atoms in total. The summed E-state index contributed by atoms with van der Waals surface area (Å²) in [6.45, 7) is 2.36. The minimum atomic E-state index is -0.623. The molecule has 0 saturated carbocycles. The number of unbranched alkanes of at least 4 members (excludes halogenated alkanes) is 1. The molecule has 0 radical (unpaired) electrons. The second-order valence-corrected chi connectivity index (χ2v) is 5.88. The monoisotopic (exact) mass is 366 g/mol. The van der Waals surface area contributed by atoms with Crippen molar-refractivity contribution in [2.45, 2.75) is 19.8 Å². The zero-order valence-electron chi connectivity index (χ0n) is 13.1. The number of esters is 2. The molecule has 0 aliphatic carbocycles. The molecule has 0 unspecified atom stereocenters. The van der Waals surface area contributed by atoms with Crippen LogP contribution in [0.15, 0.2) is 42.5 Å². The first-order valence-corrected chi connectivity index (χ1v) is 8.21. The lowest BCUT2D eigenvalue weighted by Crippen LogP contribution is -2.11. The van der Waals surface area contributed by atoms with E-state index in [1.165, 1.54) is 18.2 Å². The van der Waals surface area contributed by atoms with Gasteiger partial charge in [0.15, 0.2) is 0 Å². The maximum Gasteiger partial charge on any atom is 0.343 e. The Bertz CT molecular complexity index is 744. The molecule has 0 amide bonds. The maximum atomic E-state index is 12.2. The summed E-state index contributed by atoms with van der Waals surface area (Å²) >= 11 is 11.8. The first-order chi connectivity index (χ1) is 11.5. The fourth-order valence-electron chi connectivity index (χ4n) is 1.88. The van der Waals surface area contributed by atoms with E-state index in [4.69, 9.17) is 32.7 Å². The van der Waals surface area contributed by atoms with Gasteiger partial charge < -0.3 is 9.47 Å². The summed E-state index contributed by atoms with van der Waals surface area (Å²) in [6.07, 6.45) is 1.73. The Morgan fingerprint density at radius 2 is 1.71 bits per heavy atom. The largest absolute Gasteiger partial charge is 0.462 e. The van der Waals surface area contributed by atoms with Crippen LogP contribution in [-0.4, -0.2) is 18.5 Å². The van der Waals surface area contributed by atoms with Crippen LogP contribution in [0.3, 0.4) is 0 Å². The molecule has 2 aromatic rings. The van der Waals surface area contributed by atoms with E-state index < -0.39 is 11.9 Å². The molecule has 0 aliphatic rings. The third kappa shape index (κ3) is 4.98. The van der Waals surface area contributed by atoms with Crippen molar-refractivity contribution in [3.8, 4) is 5.75 Å². The summed E-state index contributed by atoms with van der Waals surface area (Å²) in [4.78, 5) is 24.2. The summed E-state index contributed by atoms with van der Waals surface area (Å²) in [5.74, 6) is -0.896. The van der Waals surface area contributed by atoms with Crippen LogP contribution < -0.4 is 4.74 Å². The Kier molecular flexibility index (Phi) is 6.64. The number of hydrogen-bond acceptors (Lipinski definition) is 4. The van der Waals surface area contributed by atoms with Crippen molar-refractivity contribution in [2.75, 3.05) is 6.61 Å². The fraction of sp³-hybridized carbons (Fsp3) is 0.222. The van der Waals surface area contributed by atoms with Crippen LogP contribution in [0, 0.1) is 0 Å². The van der Waals surface area contributed by atoms with Crippen molar-refractivity contribution in [1.29, 1.82) is 0 Å². The molecule has 0 fully saturated rings. The molecule has 0 saturated heterocycles. The Balaban J connectivity index is 2.09. The van der Waals surface area contributed by atoms with E-state index in [2.05, 4.69) is 0 Å². The number of rotatable bonds is 6. The van der Waals surface area contributed by atoms with E-state index in [1.807, 2.05) is 6.92 Å². The van der Waals surface area contributed by atoms with Crippen molar-refractivity contribution in [2.24, 2.45) is 0 Å². The molecule has 0 aliphatic heterocycles. The average Bonchev–Trinajstić information content (AvgIpc) is 2.57. The second-order valence-electron chi connectivity index (χ2n) is 5.03. The Labute approximate surface area is 150 Å². The highest BCUT2D eigenvalue weighted by Crippen LogP contribution is 2.28. The molecule has 0 aromatic heterocycles. The summed E-state index contributed by atoms with van der Waals surface area (Å²) in [6, 6.07) is 10.7. The van der Waals surface area contributed by atoms with Crippen molar-refractivity contribution in [1.82, 2.24) is 0 Å². The third-order valence-electron chi connectivity index (χ3n) is 3.16. The zero-order chi connectivity index (χ0) is 17.5. The van der Waals surface area contributed by atoms with Crippen LogP contribution in [0.25, 0.3) is 0 Å². The minimum absolute atomic E-state index is 0.196. The summed E-state index contributed by atoms with van der Waals surface area (Å²) < 4.78 is 10.4. The van der Waals surface area contributed by atoms with Crippen LogP contribution in [0.4, 0.5) is 0 Å². The lowest BCUT2D eigenvalue weighted by molar-refractivity contribution is 0.0499. The standard InChI is InChI=1S/C18H16Cl2O4/c1-2-3-9-23-17(21)12-5-4-6-13(10-12)18(22)24-16-8-7-14(19)11-15(16)20/h4-8,10-11H,2-3,9H2,1H3. The quantitative estimate of drug-likeness (QED) is 0.402. The van der Waals surface area contributed by atoms with Gasteiger partial charge in [-0.1, -0.05) is 42.6 Å². The van der Waals surface area contributed by atoms with Crippen molar-refractivity contribution in [3.63, 3.8) is 0 Å². The van der Waals surface area contributed by atoms with E-state index in [9.17, 15) is 9.59 Å². The van der Waals surface area contributed by atoms with Gasteiger partial charge in [0.05, 0.1) is 22.8 Å². The highest BCUT2D eigenvalue weighted by Gasteiger charge is 2.14. The molecule has 0 spiro atoms.